The Kier molecular flexibility index (Phi) is 3.68. The monoisotopic (exact) mass is 302 g/mol. The molecular formula is C17H26N4O. The van der Waals surface area contributed by atoms with E-state index in [9.17, 15) is 4.79 Å². The van der Waals surface area contributed by atoms with Crippen molar-refractivity contribution in [3.63, 3.8) is 0 Å². The van der Waals surface area contributed by atoms with E-state index in [-0.39, 0.29) is 5.41 Å². The molecule has 1 aromatic rings. The highest BCUT2D eigenvalue weighted by atomic mass is 16.2. The van der Waals surface area contributed by atoms with Crippen molar-refractivity contribution in [3.05, 3.63) is 18.2 Å². The molecule has 4 rings (SSSR count). The van der Waals surface area contributed by atoms with Crippen molar-refractivity contribution in [1.29, 1.82) is 0 Å². The first-order chi connectivity index (χ1) is 10.8. The molecule has 3 fully saturated rings. The van der Waals surface area contributed by atoms with E-state index in [1.54, 1.807) is 0 Å². The molecular weight excluding hydrogens is 276 g/mol. The van der Waals surface area contributed by atoms with Crippen LogP contribution in [0.5, 0.6) is 0 Å². The smallest absolute Gasteiger partial charge is 0.230 e. The summed E-state index contributed by atoms with van der Waals surface area (Å²) in [4.78, 5) is 23.1. The van der Waals surface area contributed by atoms with E-state index in [4.69, 9.17) is 0 Å². The van der Waals surface area contributed by atoms with Gasteiger partial charge in [-0.05, 0) is 38.1 Å². The summed E-state index contributed by atoms with van der Waals surface area (Å²) < 4.78 is 0. The second-order valence-corrected chi connectivity index (χ2v) is 7.29. The maximum absolute atomic E-state index is 13.3. The first-order valence-corrected chi connectivity index (χ1v) is 8.79. The molecule has 0 radical (unpaired) electrons. The highest BCUT2D eigenvalue weighted by molar-refractivity contribution is 5.84. The third kappa shape index (κ3) is 2.26. The summed E-state index contributed by atoms with van der Waals surface area (Å²) in [7, 11) is 0. The number of aromatic nitrogens is 2. The molecule has 1 aliphatic carbocycles. The zero-order chi connectivity index (χ0) is 15.0. The van der Waals surface area contributed by atoms with Gasteiger partial charge in [-0.3, -0.25) is 4.79 Å². The van der Waals surface area contributed by atoms with Crippen LogP contribution in [0, 0.1) is 11.3 Å². The summed E-state index contributed by atoms with van der Waals surface area (Å²) in [6.45, 7) is 3.67. The number of hydrogen-bond donors (Lipinski definition) is 2. The zero-order valence-corrected chi connectivity index (χ0v) is 13.2. The van der Waals surface area contributed by atoms with Gasteiger partial charge in [-0.2, -0.15) is 0 Å². The Hall–Kier alpha value is -1.36. The second kappa shape index (κ2) is 5.69. The lowest BCUT2D eigenvalue weighted by atomic mass is 9.67. The first-order valence-electron chi connectivity index (χ1n) is 8.79. The molecule has 2 aliphatic heterocycles. The number of hydrogen-bond acceptors (Lipinski definition) is 3. The third-order valence-electron chi connectivity index (χ3n) is 6.08. The zero-order valence-electron chi connectivity index (χ0n) is 13.2. The molecule has 1 aromatic heterocycles. The lowest BCUT2D eigenvalue weighted by molar-refractivity contribution is -0.146. The number of rotatable bonds is 2. The van der Waals surface area contributed by atoms with Crippen LogP contribution in [-0.2, 0) is 4.79 Å². The van der Waals surface area contributed by atoms with Crippen LogP contribution < -0.4 is 5.32 Å². The van der Waals surface area contributed by atoms with Crippen molar-refractivity contribution in [2.45, 2.75) is 44.4 Å². The number of amides is 1. The minimum absolute atomic E-state index is 0.108. The molecule has 1 saturated carbocycles. The van der Waals surface area contributed by atoms with E-state index in [1.807, 2.05) is 12.4 Å². The molecule has 0 aromatic carbocycles. The summed E-state index contributed by atoms with van der Waals surface area (Å²) in [6.07, 6.45) is 10.7. The predicted molar refractivity (Wildman–Crippen MR) is 84.4 cm³/mol. The van der Waals surface area contributed by atoms with Gasteiger partial charge in [-0.25, -0.2) is 4.98 Å². The van der Waals surface area contributed by atoms with Gasteiger partial charge in [0, 0.05) is 37.9 Å². The molecule has 5 nitrogen and oxygen atoms in total. The fourth-order valence-electron chi connectivity index (χ4n) is 4.87. The van der Waals surface area contributed by atoms with E-state index in [1.165, 1.54) is 19.3 Å². The van der Waals surface area contributed by atoms with E-state index in [2.05, 4.69) is 20.2 Å². The normalized spacial score (nSPS) is 35.4. The van der Waals surface area contributed by atoms with Gasteiger partial charge in [0.15, 0.2) is 0 Å². The maximum Gasteiger partial charge on any atom is 0.230 e. The first kappa shape index (κ1) is 14.2. The van der Waals surface area contributed by atoms with Gasteiger partial charge in [0.1, 0.15) is 5.82 Å². The number of imidazole rings is 1. The van der Waals surface area contributed by atoms with Crippen LogP contribution in [0.1, 0.15) is 50.3 Å². The number of carbonyl (C=O) groups excluding carboxylic acids is 1. The van der Waals surface area contributed by atoms with E-state index in [0.717, 1.165) is 51.3 Å². The van der Waals surface area contributed by atoms with Gasteiger partial charge in [0.05, 0.1) is 5.41 Å². The number of likely N-dealkylation sites (tertiary alicyclic amines) is 1. The van der Waals surface area contributed by atoms with E-state index in [0.29, 0.717) is 17.7 Å². The van der Waals surface area contributed by atoms with Crippen LogP contribution >= 0.6 is 0 Å². The number of fused-ring (bicyclic) bond motifs is 1. The highest BCUT2D eigenvalue weighted by Crippen LogP contribution is 2.45. The Bertz CT molecular complexity index is 529. The van der Waals surface area contributed by atoms with Crippen LogP contribution in [0.25, 0.3) is 0 Å². The Morgan fingerprint density at radius 3 is 3.14 bits per heavy atom. The lowest BCUT2D eigenvalue weighted by Gasteiger charge is -2.43. The summed E-state index contributed by atoms with van der Waals surface area (Å²) in [5.41, 5.74) is -0.108. The molecule has 2 N–H and O–H groups in total. The average Bonchev–Trinajstić information content (AvgIpc) is 3.24. The number of H-pyrrole nitrogens is 1. The highest BCUT2D eigenvalue weighted by Gasteiger charge is 2.51. The van der Waals surface area contributed by atoms with E-state index < -0.39 is 0 Å². The third-order valence-corrected chi connectivity index (χ3v) is 6.08. The Morgan fingerprint density at radius 2 is 2.27 bits per heavy atom. The Morgan fingerprint density at radius 1 is 1.32 bits per heavy atom. The van der Waals surface area contributed by atoms with Crippen molar-refractivity contribution in [2.24, 2.45) is 11.3 Å². The summed E-state index contributed by atoms with van der Waals surface area (Å²) in [5.74, 6) is 2.39. The van der Waals surface area contributed by atoms with Crippen LogP contribution in [0.4, 0.5) is 0 Å². The second-order valence-electron chi connectivity index (χ2n) is 7.29. The van der Waals surface area contributed by atoms with Crippen molar-refractivity contribution in [1.82, 2.24) is 20.2 Å². The molecule has 5 heteroatoms. The molecule has 2 saturated heterocycles. The predicted octanol–water partition coefficient (Wildman–Crippen LogP) is 1.90. The molecule has 3 heterocycles. The average molecular weight is 302 g/mol. The van der Waals surface area contributed by atoms with Gasteiger partial charge in [0.2, 0.25) is 5.91 Å². The van der Waals surface area contributed by atoms with Crippen LogP contribution in [-0.4, -0.2) is 47.0 Å². The van der Waals surface area contributed by atoms with Crippen LogP contribution in [0.3, 0.4) is 0 Å². The van der Waals surface area contributed by atoms with E-state index >= 15 is 0 Å². The number of aromatic amines is 1. The minimum atomic E-state index is -0.108. The SMILES string of the molecule is O=C(N1CCCC(c2ncc[nH]2)C1)[C@@]12CCCC[C@H]1CNC2. The fourth-order valence-corrected chi connectivity index (χ4v) is 4.87. The standard InChI is InChI=1S/C17H26N4O/c22-16(17-6-2-1-5-14(17)10-18-12-17)21-9-3-4-13(11-21)15-19-7-8-20-15/h7-8,13-14,18H,1-6,9-12H2,(H,19,20)/t13?,14-,17+/m0/s1. The van der Waals surface area contributed by atoms with Crippen LogP contribution in [0.15, 0.2) is 12.4 Å². The Labute approximate surface area is 131 Å². The van der Waals surface area contributed by atoms with Gasteiger partial charge < -0.3 is 15.2 Å². The van der Waals surface area contributed by atoms with Crippen LogP contribution in [0.2, 0.25) is 0 Å². The Balaban J connectivity index is 1.52. The van der Waals surface area contributed by atoms with Crippen molar-refractivity contribution in [2.75, 3.05) is 26.2 Å². The topological polar surface area (TPSA) is 61.0 Å². The summed E-state index contributed by atoms with van der Waals surface area (Å²) >= 11 is 0. The minimum Gasteiger partial charge on any atom is -0.348 e. The maximum atomic E-state index is 13.3. The summed E-state index contributed by atoms with van der Waals surface area (Å²) in [6, 6.07) is 0. The number of carbonyl (C=O) groups is 1. The lowest BCUT2D eigenvalue weighted by Crippen LogP contribution is -2.52. The van der Waals surface area contributed by atoms with Crippen molar-refractivity contribution in [3.8, 4) is 0 Å². The largest absolute Gasteiger partial charge is 0.348 e. The van der Waals surface area contributed by atoms with Gasteiger partial charge in [-0.15, -0.1) is 0 Å². The molecule has 1 amide bonds. The molecule has 3 atom stereocenters. The molecule has 22 heavy (non-hydrogen) atoms. The van der Waals surface area contributed by atoms with Gasteiger partial charge in [-0.1, -0.05) is 12.8 Å². The van der Waals surface area contributed by atoms with Gasteiger partial charge >= 0.3 is 0 Å². The molecule has 0 bridgehead atoms. The fraction of sp³-hybridized carbons (Fsp3) is 0.765. The molecule has 120 valence electrons. The van der Waals surface area contributed by atoms with Crippen molar-refractivity contribution < 1.29 is 4.79 Å². The number of nitrogens with zero attached hydrogens (tertiary/aromatic N) is 2. The van der Waals surface area contributed by atoms with Crippen molar-refractivity contribution >= 4 is 5.91 Å². The molecule has 0 spiro atoms. The molecule has 1 unspecified atom stereocenters. The summed E-state index contributed by atoms with van der Waals surface area (Å²) in [5, 5.41) is 3.50. The number of piperidine rings is 1. The number of nitrogens with one attached hydrogen (secondary N) is 2. The molecule has 3 aliphatic rings. The quantitative estimate of drug-likeness (QED) is 0.877. The van der Waals surface area contributed by atoms with Gasteiger partial charge in [0.25, 0.3) is 0 Å².